The lowest BCUT2D eigenvalue weighted by Crippen LogP contribution is -2.59. The van der Waals surface area contributed by atoms with E-state index >= 15 is 0 Å². The van der Waals surface area contributed by atoms with Gasteiger partial charge in [0.2, 0.25) is 5.88 Å². The summed E-state index contributed by atoms with van der Waals surface area (Å²) in [6.07, 6.45) is 2.20. The maximum absolute atomic E-state index is 12.4. The number of urea groups is 2. The molecule has 0 bridgehead atoms. The fraction of sp³-hybridized carbons (Fsp3) is 0.250. The third kappa shape index (κ3) is 9.15. The Bertz CT molecular complexity index is 1240. The van der Waals surface area contributed by atoms with Crippen LogP contribution in [0.4, 0.5) is 15.3 Å². The summed E-state index contributed by atoms with van der Waals surface area (Å²) in [4.78, 5) is 46.1. The molecule has 0 spiro atoms. The van der Waals surface area contributed by atoms with Gasteiger partial charge >= 0.3 is 18.0 Å². The summed E-state index contributed by atoms with van der Waals surface area (Å²) in [5.41, 5.74) is 1.66. The molecular weight excluding hydrogens is 502 g/mol. The highest BCUT2D eigenvalue weighted by molar-refractivity contribution is 5.95. The van der Waals surface area contributed by atoms with Gasteiger partial charge in [-0.15, -0.1) is 0 Å². The van der Waals surface area contributed by atoms with Crippen molar-refractivity contribution in [2.24, 2.45) is 4.99 Å². The summed E-state index contributed by atoms with van der Waals surface area (Å²) in [6, 6.07) is 18.5. The average molecular weight is 534 g/mol. The molecular formula is C28H31N5O6. The van der Waals surface area contributed by atoms with E-state index in [-0.39, 0.29) is 31.4 Å². The second-order valence-electron chi connectivity index (χ2n) is 8.27. The van der Waals surface area contributed by atoms with Crippen molar-refractivity contribution in [2.75, 3.05) is 19.8 Å². The van der Waals surface area contributed by atoms with Gasteiger partial charge in [-0.05, 0) is 68.1 Å². The Morgan fingerprint density at radius 2 is 1.85 bits per heavy atom. The molecule has 204 valence electrons. The van der Waals surface area contributed by atoms with Crippen molar-refractivity contribution in [2.45, 2.75) is 26.3 Å². The second kappa shape index (κ2) is 14.7. The average Bonchev–Trinajstić information content (AvgIpc) is 2.95. The summed E-state index contributed by atoms with van der Waals surface area (Å²) >= 11 is 0. The van der Waals surface area contributed by atoms with Crippen molar-refractivity contribution in [3.05, 3.63) is 78.5 Å². The van der Waals surface area contributed by atoms with Crippen LogP contribution in [0.25, 0.3) is 0 Å². The van der Waals surface area contributed by atoms with E-state index < -0.39 is 12.1 Å². The van der Waals surface area contributed by atoms with Crippen LogP contribution in [-0.2, 0) is 16.1 Å². The summed E-state index contributed by atoms with van der Waals surface area (Å²) < 4.78 is 10.3. The number of amides is 4. The van der Waals surface area contributed by atoms with Gasteiger partial charge in [0.25, 0.3) is 0 Å². The zero-order chi connectivity index (χ0) is 28.0. The number of nitrogens with one attached hydrogen (secondary N) is 1. The zero-order valence-electron chi connectivity index (χ0n) is 21.7. The second-order valence-corrected chi connectivity index (χ2v) is 8.27. The number of phenols is 1. The van der Waals surface area contributed by atoms with Crippen molar-refractivity contribution >= 4 is 30.4 Å². The number of aromatic hydroxyl groups is 1. The molecule has 11 heteroatoms. The van der Waals surface area contributed by atoms with Gasteiger partial charge < -0.3 is 24.8 Å². The maximum Gasteiger partial charge on any atom is 0.329 e. The van der Waals surface area contributed by atoms with E-state index in [0.717, 1.165) is 21.9 Å². The van der Waals surface area contributed by atoms with Crippen molar-refractivity contribution in [1.29, 1.82) is 0 Å². The minimum Gasteiger partial charge on any atom is -0.508 e. The number of rotatable bonds is 10. The number of imide groups is 1. The number of benzene rings is 2. The highest BCUT2D eigenvalue weighted by atomic mass is 16.5. The van der Waals surface area contributed by atoms with E-state index in [0.29, 0.717) is 25.5 Å². The number of pyridine rings is 1. The first-order valence-corrected chi connectivity index (χ1v) is 12.3. The van der Waals surface area contributed by atoms with Crippen LogP contribution in [0.15, 0.2) is 77.9 Å². The monoisotopic (exact) mass is 533 g/mol. The molecule has 2 heterocycles. The number of carbonyl (C=O) groups is 3. The number of phenolic OH excluding ortho intramolecular Hbond substituents is 1. The lowest BCUT2D eigenvalue weighted by molar-refractivity contribution is -0.143. The van der Waals surface area contributed by atoms with Gasteiger partial charge in [-0.3, -0.25) is 9.79 Å². The summed E-state index contributed by atoms with van der Waals surface area (Å²) in [6.45, 7) is 6.05. The minimum absolute atomic E-state index is 0.118. The first kappa shape index (κ1) is 28.6. The molecule has 2 N–H and O–H groups in total. The Hall–Kier alpha value is -4.93. The molecule has 0 atom stereocenters. The number of carbonyl (C=O) groups excluding carboxylic acids is 3. The van der Waals surface area contributed by atoms with Crippen molar-refractivity contribution < 1.29 is 29.0 Å². The van der Waals surface area contributed by atoms with Crippen molar-refractivity contribution in [3.63, 3.8) is 0 Å². The van der Waals surface area contributed by atoms with Crippen molar-refractivity contribution in [1.82, 2.24) is 20.1 Å². The highest BCUT2D eigenvalue weighted by Crippen LogP contribution is 2.22. The molecule has 3 aromatic rings. The van der Waals surface area contributed by atoms with E-state index in [9.17, 15) is 19.5 Å². The number of nitrogens with zero attached hydrogens (tertiary/aromatic N) is 4. The van der Waals surface area contributed by atoms with Gasteiger partial charge in [-0.1, -0.05) is 18.2 Å². The van der Waals surface area contributed by atoms with Gasteiger partial charge in [-0.2, -0.15) is 0 Å². The Morgan fingerprint density at radius 1 is 1.10 bits per heavy atom. The van der Waals surface area contributed by atoms with Crippen LogP contribution in [0.2, 0.25) is 0 Å². The maximum atomic E-state index is 12.4. The van der Waals surface area contributed by atoms with Crippen LogP contribution in [0.3, 0.4) is 0 Å². The first-order valence-electron chi connectivity index (χ1n) is 12.3. The van der Waals surface area contributed by atoms with Crippen LogP contribution in [0.5, 0.6) is 17.4 Å². The molecule has 1 aliphatic rings. The van der Waals surface area contributed by atoms with Crippen LogP contribution >= 0.6 is 0 Å². The fourth-order valence-electron chi connectivity index (χ4n) is 3.49. The molecule has 1 saturated heterocycles. The van der Waals surface area contributed by atoms with Crippen LogP contribution in [0.1, 0.15) is 25.3 Å². The number of aromatic nitrogens is 1. The number of ether oxygens (including phenoxy) is 2. The number of hydrogen-bond donors (Lipinski definition) is 2. The fourth-order valence-corrected chi connectivity index (χ4v) is 3.49. The molecule has 0 saturated carbocycles. The molecule has 0 aliphatic carbocycles. The number of aliphatic imine (C=N–C) groups is 1. The van der Waals surface area contributed by atoms with E-state index in [1.54, 1.807) is 43.5 Å². The predicted octanol–water partition coefficient (Wildman–Crippen LogP) is 4.85. The van der Waals surface area contributed by atoms with Gasteiger partial charge in [0.1, 0.15) is 11.5 Å². The smallest absolute Gasteiger partial charge is 0.329 e. The Labute approximate surface area is 226 Å². The lowest BCUT2D eigenvalue weighted by Gasteiger charge is -2.34. The summed E-state index contributed by atoms with van der Waals surface area (Å²) in [5.74, 6) is 1.12. The molecule has 11 nitrogen and oxygen atoms in total. The first-order chi connectivity index (χ1) is 18.9. The normalized spacial score (nSPS) is 12.6. The standard InChI is InChI=1S/C16H21N3O5.C12H10N2O/c1-2-24-14(21)4-3-9-19-15(22)17-11-18(16(19)23)10-12-5-7-13(20)8-6-12;1-13-10-5-7-11(8-6-10)15-12-4-2-3-9-14-12/h5-8,20H,2-4,9-11H2,1H3,(H,17,22);2-9H,1H2. The molecule has 39 heavy (non-hydrogen) atoms. The van der Waals surface area contributed by atoms with E-state index in [2.05, 4.69) is 22.0 Å². The van der Waals surface area contributed by atoms with Gasteiger partial charge in [0.05, 0.1) is 19.0 Å². The topological polar surface area (TPSA) is 134 Å². The highest BCUT2D eigenvalue weighted by Gasteiger charge is 2.31. The van der Waals surface area contributed by atoms with E-state index in [4.69, 9.17) is 9.47 Å². The molecule has 4 rings (SSSR count). The molecule has 1 aliphatic heterocycles. The molecule has 1 aromatic heterocycles. The van der Waals surface area contributed by atoms with Crippen LogP contribution in [0, 0.1) is 0 Å². The largest absolute Gasteiger partial charge is 0.508 e. The molecule has 4 amide bonds. The van der Waals surface area contributed by atoms with E-state index in [1.165, 1.54) is 4.90 Å². The Morgan fingerprint density at radius 3 is 2.49 bits per heavy atom. The molecule has 1 fully saturated rings. The lowest BCUT2D eigenvalue weighted by atomic mass is 10.2. The molecule has 0 unspecified atom stereocenters. The molecule has 0 radical (unpaired) electrons. The number of hydrogen-bond acceptors (Lipinski definition) is 8. The van der Waals surface area contributed by atoms with Crippen molar-refractivity contribution in [3.8, 4) is 17.4 Å². The summed E-state index contributed by atoms with van der Waals surface area (Å²) in [7, 11) is 0. The Kier molecular flexibility index (Phi) is 10.8. The van der Waals surface area contributed by atoms with Gasteiger partial charge in [0, 0.05) is 31.8 Å². The third-order valence-electron chi connectivity index (χ3n) is 5.42. The van der Waals surface area contributed by atoms with Crippen LogP contribution in [-0.4, -0.2) is 64.5 Å². The number of esters is 1. The Balaban J connectivity index is 0.000000239. The van der Waals surface area contributed by atoms with Crippen LogP contribution < -0.4 is 10.1 Å². The SMILES string of the molecule is C=Nc1ccc(Oc2ccccn2)cc1.CCOC(=O)CCCN1C(=O)NCN(Cc2ccc(O)cc2)C1=O. The predicted molar refractivity (Wildman–Crippen MR) is 145 cm³/mol. The third-order valence-corrected chi connectivity index (χ3v) is 5.42. The quantitative estimate of drug-likeness (QED) is 0.281. The minimum atomic E-state index is -0.467. The molecule has 2 aromatic carbocycles. The van der Waals surface area contributed by atoms with Gasteiger partial charge in [-0.25, -0.2) is 19.5 Å². The summed E-state index contributed by atoms with van der Waals surface area (Å²) in [5, 5.41) is 11.9. The van der Waals surface area contributed by atoms with E-state index in [1.807, 2.05) is 36.4 Å². The van der Waals surface area contributed by atoms with Gasteiger partial charge in [0.15, 0.2) is 0 Å². The zero-order valence-corrected chi connectivity index (χ0v) is 21.7.